The number of aromatic nitrogens is 1. The van der Waals surface area contributed by atoms with Crippen LogP contribution >= 0.6 is 0 Å². The zero-order valence-corrected chi connectivity index (χ0v) is 15.3. The summed E-state index contributed by atoms with van der Waals surface area (Å²) in [7, 11) is 2.18. The summed E-state index contributed by atoms with van der Waals surface area (Å²) in [6, 6.07) is 8.75. The van der Waals surface area contributed by atoms with E-state index in [9.17, 15) is 4.79 Å². The maximum Gasteiger partial charge on any atom is 0.253 e. The smallest absolute Gasteiger partial charge is 0.253 e. The molecule has 2 aliphatic heterocycles. The predicted octanol–water partition coefficient (Wildman–Crippen LogP) is 2.12. The summed E-state index contributed by atoms with van der Waals surface area (Å²) in [4.78, 5) is 19.9. The van der Waals surface area contributed by atoms with E-state index in [1.54, 1.807) is 0 Å². The normalized spacial score (nSPS) is 22.8. The topological polar surface area (TPSA) is 31.7 Å². The molecule has 0 aliphatic carbocycles. The number of benzene rings is 1. The molecular formula is C20H28N4O. The molecule has 134 valence electrons. The van der Waals surface area contributed by atoms with Crippen LogP contribution in [0.15, 0.2) is 30.5 Å². The molecule has 1 amide bonds. The van der Waals surface area contributed by atoms with Crippen molar-refractivity contribution in [1.29, 1.82) is 0 Å². The molecule has 0 radical (unpaired) electrons. The first-order chi connectivity index (χ1) is 12.2. The molecule has 25 heavy (non-hydrogen) atoms. The summed E-state index contributed by atoms with van der Waals surface area (Å²) >= 11 is 0. The van der Waals surface area contributed by atoms with Crippen molar-refractivity contribution in [2.75, 3.05) is 46.3 Å². The molecule has 2 saturated heterocycles. The fourth-order valence-corrected chi connectivity index (χ4v) is 4.20. The van der Waals surface area contributed by atoms with E-state index in [4.69, 9.17) is 0 Å². The molecule has 2 fully saturated rings. The number of fused-ring (bicyclic) bond motifs is 1. The van der Waals surface area contributed by atoms with Crippen molar-refractivity contribution in [3.05, 3.63) is 36.0 Å². The third-order valence-corrected chi connectivity index (χ3v) is 5.86. The van der Waals surface area contributed by atoms with E-state index >= 15 is 0 Å². The van der Waals surface area contributed by atoms with Crippen molar-refractivity contribution >= 4 is 16.8 Å². The van der Waals surface area contributed by atoms with Crippen molar-refractivity contribution in [2.24, 2.45) is 0 Å². The average Bonchev–Trinajstić information content (AvgIpc) is 3.28. The van der Waals surface area contributed by atoms with Gasteiger partial charge in [0.1, 0.15) is 0 Å². The Balaban J connectivity index is 1.44. The Bertz CT molecular complexity index is 760. The Morgan fingerprint density at radius 2 is 1.92 bits per heavy atom. The van der Waals surface area contributed by atoms with Crippen LogP contribution in [-0.4, -0.2) is 77.5 Å². The number of aryl methyl sites for hydroxylation is 1. The molecular weight excluding hydrogens is 312 g/mol. The first-order valence-corrected chi connectivity index (χ1v) is 9.46. The lowest BCUT2D eigenvalue weighted by Gasteiger charge is -2.36. The highest BCUT2D eigenvalue weighted by Gasteiger charge is 2.32. The van der Waals surface area contributed by atoms with Crippen LogP contribution < -0.4 is 0 Å². The summed E-state index contributed by atoms with van der Waals surface area (Å²) in [6.45, 7) is 9.36. The van der Waals surface area contributed by atoms with E-state index in [1.165, 1.54) is 5.52 Å². The van der Waals surface area contributed by atoms with Crippen LogP contribution in [0.25, 0.3) is 10.9 Å². The van der Waals surface area contributed by atoms with Gasteiger partial charge in [0.05, 0.1) is 0 Å². The lowest BCUT2D eigenvalue weighted by atomic mass is 10.1. The van der Waals surface area contributed by atoms with Gasteiger partial charge in [-0.05, 0) is 44.7 Å². The molecule has 2 aliphatic rings. The summed E-state index contributed by atoms with van der Waals surface area (Å²) < 4.78 is 2.21. The van der Waals surface area contributed by atoms with Crippen molar-refractivity contribution in [2.45, 2.75) is 25.9 Å². The third-order valence-electron chi connectivity index (χ3n) is 5.86. The predicted molar refractivity (Wildman–Crippen MR) is 101 cm³/mol. The number of hydrogen-bond donors (Lipinski definition) is 0. The van der Waals surface area contributed by atoms with Gasteiger partial charge in [-0.25, -0.2) is 0 Å². The third kappa shape index (κ3) is 3.18. The van der Waals surface area contributed by atoms with E-state index < -0.39 is 0 Å². The van der Waals surface area contributed by atoms with Gasteiger partial charge in [0, 0.05) is 74.5 Å². The van der Waals surface area contributed by atoms with Crippen molar-refractivity contribution in [3.8, 4) is 0 Å². The number of piperazine rings is 1. The summed E-state index contributed by atoms with van der Waals surface area (Å²) in [5.74, 6) is 0.183. The minimum absolute atomic E-state index is 0.183. The lowest BCUT2D eigenvalue weighted by molar-refractivity contribution is 0.0755. The number of hydrogen-bond acceptors (Lipinski definition) is 3. The first kappa shape index (κ1) is 16.6. The Morgan fingerprint density at radius 1 is 1.12 bits per heavy atom. The van der Waals surface area contributed by atoms with Crippen LogP contribution in [0.3, 0.4) is 0 Å². The van der Waals surface area contributed by atoms with Crippen molar-refractivity contribution < 1.29 is 4.79 Å². The van der Waals surface area contributed by atoms with Gasteiger partial charge in [-0.15, -0.1) is 0 Å². The highest BCUT2D eigenvalue weighted by molar-refractivity contribution is 5.98. The van der Waals surface area contributed by atoms with Gasteiger partial charge < -0.3 is 14.4 Å². The molecule has 1 aromatic heterocycles. The maximum atomic E-state index is 12.9. The first-order valence-electron chi connectivity index (χ1n) is 9.46. The molecule has 0 saturated carbocycles. The molecule has 1 unspecified atom stereocenters. The summed E-state index contributed by atoms with van der Waals surface area (Å²) in [5.41, 5.74) is 2.02. The number of carbonyl (C=O) groups excluding carboxylic acids is 1. The maximum absolute atomic E-state index is 12.9. The molecule has 2 aromatic rings. The van der Waals surface area contributed by atoms with E-state index in [0.717, 1.165) is 63.2 Å². The quantitative estimate of drug-likeness (QED) is 0.858. The molecule has 5 nitrogen and oxygen atoms in total. The molecule has 0 N–H and O–H groups in total. The largest absolute Gasteiger partial charge is 0.348 e. The van der Waals surface area contributed by atoms with E-state index in [2.05, 4.69) is 46.7 Å². The van der Waals surface area contributed by atoms with Gasteiger partial charge >= 0.3 is 0 Å². The fourth-order valence-electron chi connectivity index (χ4n) is 4.20. The van der Waals surface area contributed by atoms with Gasteiger partial charge in [-0.2, -0.15) is 0 Å². The van der Waals surface area contributed by atoms with Crippen LogP contribution in [0.1, 0.15) is 23.7 Å². The molecule has 0 bridgehead atoms. The van der Waals surface area contributed by atoms with E-state index in [-0.39, 0.29) is 5.91 Å². The number of likely N-dealkylation sites (N-methyl/N-ethyl adjacent to an activating group) is 1. The molecule has 3 heterocycles. The van der Waals surface area contributed by atoms with Gasteiger partial charge in [0.15, 0.2) is 0 Å². The fraction of sp³-hybridized carbons (Fsp3) is 0.550. The number of amides is 1. The van der Waals surface area contributed by atoms with Gasteiger partial charge in [-0.1, -0.05) is 0 Å². The minimum Gasteiger partial charge on any atom is -0.348 e. The molecule has 4 rings (SSSR count). The van der Waals surface area contributed by atoms with Crippen molar-refractivity contribution in [1.82, 2.24) is 19.3 Å². The summed E-state index contributed by atoms with van der Waals surface area (Å²) in [5, 5.41) is 1.16. The Labute approximate surface area is 149 Å². The second-order valence-electron chi connectivity index (χ2n) is 7.41. The second kappa shape index (κ2) is 6.81. The molecule has 1 atom stereocenters. The van der Waals surface area contributed by atoms with E-state index in [1.807, 2.05) is 17.0 Å². The van der Waals surface area contributed by atoms with Crippen LogP contribution in [0.5, 0.6) is 0 Å². The lowest BCUT2D eigenvalue weighted by Crippen LogP contribution is -2.50. The van der Waals surface area contributed by atoms with Gasteiger partial charge in [-0.3, -0.25) is 9.69 Å². The highest BCUT2D eigenvalue weighted by atomic mass is 16.2. The number of rotatable bonds is 3. The zero-order chi connectivity index (χ0) is 17.4. The standard InChI is InChI=1S/C20H28N4O/c1-3-22-8-6-16-14-17(4-5-19(16)22)20(25)24-9-7-18(15-24)23-12-10-21(2)11-13-23/h4-6,8,14,18H,3,7,9-13,15H2,1-2H3. The Morgan fingerprint density at radius 3 is 2.68 bits per heavy atom. The van der Waals surface area contributed by atoms with Crippen LogP contribution in [0.4, 0.5) is 0 Å². The number of carbonyl (C=O) groups is 1. The van der Waals surface area contributed by atoms with Gasteiger partial charge in [0.2, 0.25) is 0 Å². The Kier molecular flexibility index (Phi) is 4.52. The van der Waals surface area contributed by atoms with Crippen LogP contribution in [0.2, 0.25) is 0 Å². The minimum atomic E-state index is 0.183. The zero-order valence-electron chi connectivity index (χ0n) is 15.3. The Hall–Kier alpha value is -1.85. The highest BCUT2D eigenvalue weighted by Crippen LogP contribution is 2.22. The number of likely N-dealkylation sites (tertiary alicyclic amines) is 1. The van der Waals surface area contributed by atoms with E-state index in [0.29, 0.717) is 6.04 Å². The SMILES string of the molecule is CCn1ccc2cc(C(=O)N3CCC(N4CCN(C)CC4)C3)ccc21. The second-order valence-corrected chi connectivity index (χ2v) is 7.41. The average molecular weight is 340 g/mol. The molecule has 0 spiro atoms. The molecule has 1 aromatic carbocycles. The summed E-state index contributed by atoms with van der Waals surface area (Å²) in [6.07, 6.45) is 3.20. The van der Waals surface area contributed by atoms with Crippen LogP contribution in [0, 0.1) is 0 Å². The van der Waals surface area contributed by atoms with Crippen molar-refractivity contribution in [3.63, 3.8) is 0 Å². The number of nitrogens with zero attached hydrogens (tertiary/aromatic N) is 4. The molecule has 5 heteroatoms. The van der Waals surface area contributed by atoms with Crippen LogP contribution in [-0.2, 0) is 6.54 Å². The van der Waals surface area contributed by atoms with Gasteiger partial charge in [0.25, 0.3) is 5.91 Å². The monoisotopic (exact) mass is 340 g/mol.